The molecule has 0 saturated carbocycles. The normalized spacial score (nSPS) is 8.76. The van der Waals surface area contributed by atoms with Crippen LogP contribution in [-0.2, 0) is 0 Å². The van der Waals surface area contributed by atoms with E-state index in [9.17, 15) is 19.2 Å². The number of pyridine rings is 2. The van der Waals surface area contributed by atoms with E-state index in [0.717, 1.165) is 12.4 Å². The van der Waals surface area contributed by atoms with Crippen molar-refractivity contribution in [3.05, 3.63) is 68.5 Å². The average molecular weight is 296 g/mol. The van der Waals surface area contributed by atoms with E-state index in [1.54, 1.807) is 0 Å². The summed E-state index contributed by atoms with van der Waals surface area (Å²) in [7, 11) is 0. The SMILES string of the molecule is O.O=C(O)c1c[nH]ccc1=O.O=C(O)c1c[nH]ccc1=O. The highest BCUT2D eigenvalue weighted by molar-refractivity contribution is 5.87. The quantitative estimate of drug-likeness (QED) is 0.571. The highest BCUT2D eigenvalue weighted by Crippen LogP contribution is 1.85. The number of nitrogens with one attached hydrogen (secondary N) is 2. The molecule has 0 spiro atoms. The van der Waals surface area contributed by atoms with Gasteiger partial charge in [-0.1, -0.05) is 0 Å². The van der Waals surface area contributed by atoms with Gasteiger partial charge in [0, 0.05) is 36.9 Å². The lowest BCUT2D eigenvalue weighted by Crippen LogP contribution is -2.12. The average Bonchev–Trinajstić information content (AvgIpc) is 2.40. The van der Waals surface area contributed by atoms with Gasteiger partial charge in [0.15, 0.2) is 10.9 Å². The summed E-state index contributed by atoms with van der Waals surface area (Å²) in [5.74, 6) is -2.41. The molecule has 2 heterocycles. The first kappa shape index (κ1) is 17.8. The van der Waals surface area contributed by atoms with Gasteiger partial charge in [0.05, 0.1) is 0 Å². The molecule has 2 aromatic heterocycles. The van der Waals surface area contributed by atoms with Crippen molar-refractivity contribution in [1.82, 2.24) is 9.97 Å². The van der Waals surface area contributed by atoms with Crippen LogP contribution >= 0.6 is 0 Å². The zero-order valence-corrected chi connectivity index (χ0v) is 10.5. The van der Waals surface area contributed by atoms with Gasteiger partial charge >= 0.3 is 11.9 Å². The first-order valence-electron chi connectivity index (χ1n) is 5.24. The molecule has 0 aliphatic carbocycles. The van der Waals surface area contributed by atoms with Crippen molar-refractivity contribution >= 4 is 11.9 Å². The first-order chi connectivity index (χ1) is 9.43. The third kappa shape index (κ3) is 5.12. The van der Waals surface area contributed by atoms with E-state index < -0.39 is 22.8 Å². The van der Waals surface area contributed by atoms with E-state index >= 15 is 0 Å². The van der Waals surface area contributed by atoms with Crippen LogP contribution in [0.15, 0.2) is 46.5 Å². The lowest BCUT2D eigenvalue weighted by Gasteiger charge is -1.88. The fourth-order valence-corrected chi connectivity index (χ4v) is 1.17. The molecule has 0 bridgehead atoms. The minimum absolute atomic E-state index is 0. The topological polar surface area (TPSA) is 172 Å². The molecule has 0 unspecified atom stereocenters. The molecule has 2 rings (SSSR count). The van der Waals surface area contributed by atoms with Crippen molar-refractivity contribution in [2.75, 3.05) is 0 Å². The molecule has 9 nitrogen and oxygen atoms in total. The molecule has 0 atom stereocenters. The fraction of sp³-hybridized carbons (Fsp3) is 0. The van der Waals surface area contributed by atoms with E-state index in [-0.39, 0.29) is 16.6 Å². The predicted octanol–water partition coefficient (Wildman–Crippen LogP) is -0.678. The van der Waals surface area contributed by atoms with Crippen LogP contribution in [0.2, 0.25) is 0 Å². The van der Waals surface area contributed by atoms with Crippen molar-refractivity contribution < 1.29 is 25.3 Å². The van der Waals surface area contributed by atoms with Gasteiger partial charge in [-0.25, -0.2) is 9.59 Å². The molecular formula is C12H12N2O7. The molecular weight excluding hydrogens is 284 g/mol. The highest BCUT2D eigenvalue weighted by Gasteiger charge is 2.05. The number of rotatable bonds is 2. The minimum atomic E-state index is -1.21. The van der Waals surface area contributed by atoms with Gasteiger partial charge in [0.25, 0.3) is 0 Å². The Kier molecular flexibility index (Phi) is 6.84. The Morgan fingerprint density at radius 2 is 1.14 bits per heavy atom. The summed E-state index contributed by atoms with van der Waals surface area (Å²) in [6.07, 6.45) is 5.08. The van der Waals surface area contributed by atoms with Gasteiger partial charge in [0.2, 0.25) is 0 Å². The van der Waals surface area contributed by atoms with Crippen molar-refractivity contribution in [3.63, 3.8) is 0 Å². The number of carboxylic acid groups (broad SMARTS) is 2. The smallest absolute Gasteiger partial charge is 0.341 e. The molecule has 0 radical (unpaired) electrons. The van der Waals surface area contributed by atoms with Crippen LogP contribution in [-0.4, -0.2) is 37.6 Å². The maximum Gasteiger partial charge on any atom is 0.341 e. The number of H-pyrrole nitrogens is 2. The van der Waals surface area contributed by atoms with Crippen LogP contribution in [0.4, 0.5) is 0 Å². The van der Waals surface area contributed by atoms with Gasteiger partial charge in [-0.2, -0.15) is 0 Å². The molecule has 6 N–H and O–H groups in total. The lowest BCUT2D eigenvalue weighted by molar-refractivity contribution is 0.0684. The maximum absolute atomic E-state index is 10.7. The second kappa shape index (κ2) is 8.07. The zero-order valence-electron chi connectivity index (χ0n) is 10.5. The van der Waals surface area contributed by atoms with Crippen LogP contribution in [0.25, 0.3) is 0 Å². The van der Waals surface area contributed by atoms with Crippen molar-refractivity contribution in [3.8, 4) is 0 Å². The van der Waals surface area contributed by atoms with Crippen LogP contribution in [0.3, 0.4) is 0 Å². The molecule has 0 aliphatic heterocycles. The van der Waals surface area contributed by atoms with Crippen molar-refractivity contribution in [2.24, 2.45) is 0 Å². The second-order valence-corrected chi connectivity index (χ2v) is 3.45. The van der Waals surface area contributed by atoms with E-state index in [1.165, 1.54) is 24.5 Å². The van der Waals surface area contributed by atoms with Crippen LogP contribution in [0.1, 0.15) is 20.7 Å². The Hall–Kier alpha value is -3.20. The maximum atomic E-state index is 10.7. The number of hydrogen-bond acceptors (Lipinski definition) is 4. The number of aromatic nitrogens is 2. The summed E-state index contributed by atoms with van der Waals surface area (Å²) in [6.45, 7) is 0. The molecule has 0 saturated heterocycles. The largest absolute Gasteiger partial charge is 0.477 e. The third-order valence-electron chi connectivity index (χ3n) is 2.11. The summed E-state index contributed by atoms with van der Waals surface area (Å²) >= 11 is 0. The van der Waals surface area contributed by atoms with Gasteiger partial charge in [-0.05, 0) is 0 Å². The van der Waals surface area contributed by atoms with Crippen LogP contribution < -0.4 is 10.9 Å². The van der Waals surface area contributed by atoms with Crippen LogP contribution in [0.5, 0.6) is 0 Å². The fourth-order valence-electron chi connectivity index (χ4n) is 1.17. The predicted molar refractivity (Wildman–Crippen MR) is 71.7 cm³/mol. The van der Waals surface area contributed by atoms with Crippen molar-refractivity contribution in [1.29, 1.82) is 0 Å². The summed E-state index contributed by atoms with van der Waals surface area (Å²) in [5.41, 5.74) is -1.43. The van der Waals surface area contributed by atoms with E-state index in [4.69, 9.17) is 10.2 Å². The summed E-state index contributed by atoms with van der Waals surface area (Å²) in [4.78, 5) is 46.7. The number of aromatic amines is 2. The molecule has 21 heavy (non-hydrogen) atoms. The third-order valence-corrected chi connectivity index (χ3v) is 2.11. The van der Waals surface area contributed by atoms with E-state index in [2.05, 4.69) is 9.97 Å². The molecule has 0 aliphatic rings. The monoisotopic (exact) mass is 296 g/mol. The molecule has 9 heteroatoms. The second-order valence-electron chi connectivity index (χ2n) is 3.45. The standard InChI is InChI=1S/2C6H5NO3.H2O/c2*8-5-1-2-7-3-4(5)6(9)10;/h2*1-3H,(H,7,8)(H,9,10);1H2. The highest BCUT2D eigenvalue weighted by atomic mass is 16.4. The van der Waals surface area contributed by atoms with Gasteiger partial charge in [-0.3, -0.25) is 9.59 Å². The van der Waals surface area contributed by atoms with Gasteiger partial charge in [0.1, 0.15) is 11.1 Å². The Bertz CT molecular complexity index is 669. The summed E-state index contributed by atoms with van der Waals surface area (Å²) in [5, 5.41) is 16.7. The first-order valence-corrected chi connectivity index (χ1v) is 5.24. The number of carboxylic acids is 2. The summed E-state index contributed by atoms with van der Waals surface area (Å²) in [6, 6.07) is 2.34. The zero-order chi connectivity index (χ0) is 15.1. The number of carbonyl (C=O) groups is 2. The van der Waals surface area contributed by atoms with Gasteiger partial charge < -0.3 is 25.7 Å². The molecule has 0 fully saturated rings. The minimum Gasteiger partial charge on any atom is -0.477 e. The van der Waals surface area contributed by atoms with E-state index in [0.29, 0.717) is 0 Å². The van der Waals surface area contributed by atoms with Crippen molar-refractivity contribution in [2.45, 2.75) is 0 Å². The molecule has 112 valence electrons. The number of hydrogen-bond donors (Lipinski definition) is 4. The molecule has 0 amide bonds. The number of aromatic carboxylic acids is 2. The van der Waals surface area contributed by atoms with E-state index in [1.807, 2.05) is 0 Å². The molecule has 0 aromatic carbocycles. The Labute approximate surface area is 116 Å². The summed E-state index contributed by atoms with van der Waals surface area (Å²) < 4.78 is 0. The van der Waals surface area contributed by atoms with Crippen LogP contribution in [0, 0.1) is 0 Å². The lowest BCUT2D eigenvalue weighted by atomic mass is 10.3. The Balaban J connectivity index is 0.000000364. The Morgan fingerprint density at radius 3 is 1.33 bits per heavy atom. The Morgan fingerprint density at radius 1 is 0.810 bits per heavy atom. The van der Waals surface area contributed by atoms with Gasteiger partial charge in [-0.15, -0.1) is 0 Å². The molecule has 2 aromatic rings.